The molecule has 1 heterocycles. The Labute approximate surface area is 141 Å². The quantitative estimate of drug-likeness (QED) is 0.828. The van der Waals surface area contributed by atoms with Crippen molar-refractivity contribution in [2.24, 2.45) is 11.3 Å². The van der Waals surface area contributed by atoms with Crippen LogP contribution in [0.2, 0.25) is 0 Å². The van der Waals surface area contributed by atoms with Crippen molar-refractivity contribution in [2.75, 3.05) is 6.54 Å². The summed E-state index contributed by atoms with van der Waals surface area (Å²) in [6.07, 6.45) is -0.349. The number of aromatic nitrogens is 1. The minimum atomic E-state index is -1.13. The highest BCUT2D eigenvalue weighted by molar-refractivity contribution is 7.09. The number of alkyl carbamates (subject to hydrolysis) is 1. The minimum Gasteiger partial charge on any atom is -0.481 e. The fourth-order valence-electron chi connectivity index (χ4n) is 2.23. The Hall–Kier alpha value is -1.63. The van der Waals surface area contributed by atoms with Gasteiger partial charge >= 0.3 is 12.1 Å². The number of thiazole rings is 1. The van der Waals surface area contributed by atoms with E-state index in [1.54, 1.807) is 20.8 Å². The van der Waals surface area contributed by atoms with Crippen LogP contribution < -0.4 is 5.32 Å². The Kier molecular flexibility index (Phi) is 6.16. The molecule has 1 unspecified atom stereocenters. The minimum absolute atomic E-state index is 0.00844. The number of nitrogens with zero attached hydrogens (tertiary/aromatic N) is 1. The van der Waals surface area contributed by atoms with Crippen molar-refractivity contribution in [1.82, 2.24) is 10.3 Å². The molecule has 2 N–H and O–H groups in total. The fraction of sp³-hybridized carbons (Fsp3) is 0.688. The molecular weight excluding hydrogens is 316 g/mol. The molecule has 0 radical (unpaired) electrons. The number of rotatable bonds is 6. The number of nitrogens with one attached hydrogen (secondary N) is 1. The van der Waals surface area contributed by atoms with Crippen LogP contribution in [0, 0.1) is 18.3 Å². The van der Waals surface area contributed by atoms with Gasteiger partial charge in [0, 0.05) is 18.3 Å². The van der Waals surface area contributed by atoms with Gasteiger partial charge in [-0.2, -0.15) is 0 Å². The van der Waals surface area contributed by atoms with Crippen LogP contribution in [-0.2, 0) is 16.0 Å². The molecule has 0 saturated heterocycles. The molecule has 7 heteroatoms. The number of amides is 1. The molecule has 130 valence electrons. The number of carbonyl (C=O) groups is 2. The van der Waals surface area contributed by atoms with E-state index in [4.69, 9.17) is 4.74 Å². The molecule has 0 bridgehead atoms. The van der Waals surface area contributed by atoms with Crippen LogP contribution in [0.1, 0.15) is 45.3 Å². The van der Waals surface area contributed by atoms with Gasteiger partial charge in [0.25, 0.3) is 0 Å². The zero-order chi connectivity index (χ0) is 17.8. The third-order valence-corrected chi connectivity index (χ3v) is 4.46. The van der Waals surface area contributed by atoms with Crippen LogP contribution >= 0.6 is 11.3 Å². The molecular formula is C16H26N2O4S. The van der Waals surface area contributed by atoms with Crippen LogP contribution in [0.25, 0.3) is 0 Å². The monoisotopic (exact) mass is 342 g/mol. The molecule has 0 spiro atoms. The number of hydrogen-bond acceptors (Lipinski definition) is 5. The number of hydrogen-bond donors (Lipinski definition) is 2. The maximum Gasteiger partial charge on any atom is 0.407 e. The highest BCUT2D eigenvalue weighted by Gasteiger charge is 2.43. The lowest BCUT2D eigenvalue weighted by atomic mass is 9.73. The summed E-state index contributed by atoms with van der Waals surface area (Å²) < 4.78 is 5.19. The number of ether oxygens (including phenoxy) is 1. The van der Waals surface area contributed by atoms with Crippen molar-refractivity contribution in [3.63, 3.8) is 0 Å². The van der Waals surface area contributed by atoms with Crippen molar-refractivity contribution in [3.8, 4) is 0 Å². The lowest BCUT2D eigenvalue weighted by Gasteiger charge is -2.33. The SMILES string of the molecule is Cc1nc(CC(CNC(=O)OC(C)(C)C)(C(=O)O)C(C)C)cs1. The van der Waals surface area contributed by atoms with E-state index in [0.717, 1.165) is 10.7 Å². The lowest BCUT2D eigenvalue weighted by Crippen LogP contribution is -2.49. The van der Waals surface area contributed by atoms with Gasteiger partial charge in [-0.1, -0.05) is 13.8 Å². The molecule has 0 aliphatic rings. The third-order valence-electron chi connectivity index (χ3n) is 3.64. The second-order valence-electron chi connectivity index (χ2n) is 7.01. The molecule has 0 aliphatic carbocycles. The van der Waals surface area contributed by atoms with E-state index < -0.39 is 23.1 Å². The normalized spacial score (nSPS) is 14.4. The van der Waals surface area contributed by atoms with Crippen LogP contribution in [0.5, 0.6) is 0 Å². The van der Waals surface area contributed by atoms with Crippen molar-refractivity contribution in [1.29, 1.82) is 0 Å². The van der Waals surface area contributed by atoms with Crippen LogP contribution in [-0.4, -0.2) is 34.3 Å². The average molecular weight is 342 g/mol. The van der Waals surface area contributed by atoms with Crippen LogP contribution in [0.4, 0.5) is 4.79 Å². The lowest BCUT2D eigenvalue weighted by molar-refractivity contribution is -0.151. The Morgan fingerprint density at radius 3 is 2.39 bits per heavy atom. The second-order valence-corrected chi connectivity index (χ2v) is 8.07. The molecule has 0 aromatic carbocycles. The Morgan fingerprint density at radius 1 is 1.39 bits per heavy atom. The molecule has 0 saturated carbocycles. The van der Waals surface area contributed by atoms with Crippen LogP contribution in [0.15, 0.2) is 5.38 Å². The van der Waals surface area contributed by atoms with E-state index in [2.05, 4.69) is 10.3 Å². The van der Waals surface area contributed by atoms with E-state index in [1.807, 2.05) is 26.2 Å². The largest absolute Gasteiger partial charge is 0.481 e. The molecule has 23 heavy (non-hydrogen) atoms. The first-order valence-electron chi connectivity index (χ1n) is 7.57. The Balaban J connectivity index is 2.92. The summed E-state index contributed by atoms with van der Waals surface area (Å²) in [4.78, 5) is 28.2. The molecule has 1 atom stereocenters. The van der Waals surface area contributed by atoms with Gasteiger partial charge in [-0.15, -0.1) is 11.3 Å². The Bertz CT molecular complexity index is 563. The maximum atomic E-state index is 12.0. The predicted molar refractivity (Wildman–Crippen MR) is 89.7 cm³/mol. The molecule has 1 aromatic heterocycles. The zero-order valence-electron chi connectivity index (χ0n) is 14.6. The molecule has 6 nitrogen and oxygen atoms in total. The van der Waals surface area contributed by atoms with Gasteiger partial charge in [-0.05, 0) is 33.6 Å². The van der Waals surface area contributed by atoms with Gasteiger partial charge in [-0.25, -0.2) is 9.78 Å². The first-order chi connectivity index (χ1) is 10.5. The molecule has 1 aromatic rings. The van der Waals surface area contributed by atoms with Gasteiger partial charge in [0.05, 0.1) is 16.1 Å². The van der Waals surface area contributed by atoms with Crippen molar-refractivity contribution >= 4 is 23.4 Å². The van der Waals surface area contributed by atoms with Crippen molar-refractivity contribution < 1.29 is 19.4 Å². The summed E-state index contributed by atoms with van der Waals surface area (Å²) in [7, 11) is 0. The summed E-state index contributed by atoms with van der Waals surface area (Å²) in [5, 5.41) is 15.2. The number of carbonyl (C=O) groups excluding carboxylic acids is 1. The first-order valence-corrected chi connectivity index (χ1v) is 8.45. The highest BCUT2D eigenvalue weighted by Crippen LogP contribution is 2.32. The van der Waals surface area contributed by atoms with Crippen molar-refractivity contribution in [2.45, 2.75) is 53.6 Å². The average Bonchev–Trinajstić information content (AvgIpc) is 2.77. The fourth-order valence-corrected chi connectivity index (χ4v) is 2.84. The molecule has 1 amide bonds. The topological polar surface area (TPSA) is 88.5 Å². The van der Waals surface area contributed by atoms with Gasteiger partial charge < -0.3 is 15.2 Å². The third kappa shape index (κ3) is 5.49. The maximum absolute atomic E-state index is 12.0. The highest BCUT2D eigenvalue weighted by atomic mass is 32.1. The van der Waals surface area contributed by atoms with Gasteiger partial charge in [-0.3, -0.25) is 4.79 Å². The second kappa shape index (κ2) is 7.29. The number of carboxylic acid groups (broad SMARTS) is 1. The standard InChI is InChI=1S/C16H26N2O4S/c1-10(2)16(13(19)20,7-12-8-23-11(3)18-12)9-17-14(21)22-15(4,5)6/h8,10H,7,9H2,1-6H3,(H,17,21)(H,19,20). The number of aliphatic carboxylic acids is 1. The van der Waals surface area contributed by atoms with E-state index in [0.29, 0.717) is 0 Å². The molecule has 1 rings (SSSR count). The Morgan fingerprint density at radius 2 is 2.00 bits per heavy atom. The van der Waals surface area contributed by atoms with E-state index in [1.165, 1.54) is 11.3 Å². The summed E-state index contributed by atoms with van der Waals surface area (Å²) >= 11 is 1.48. The van der Waals surface area contributed by atoms with E-state index in [-0.39, 0.29) is 18.9 Å². The molecule has 0 aliphatic heterocycles. The smallest absolute Gasteiger partial charge is 0.407 e. The predicted octanol–water partition coefficient (Wildman–Crippen LogP) is 3.25. The first kappa shape index (κ1) is 19.4. The van der Waals surface area contributed by atoms with Gasteiger partial charge in [0.1, 0.15) is 5.60 Å². The van der Waals surface area contributed by atoms with Gasteiger partial charge in [0.2, 0.25) is 0 Å². The summed E-state index contributed by atoms with van der Waals surface area (Å²) in [6, 6.07) is 0. The number of carboxylic acids is 1. The van der Waals surface area contributed by atoms with Gasteiger partial charge in [0.15, 0.2) is 0 Å². The number of aryl methyl sites for hydroxylation is 1. The van der Waals surface area contributed by atoms with Crippen LogP contribution in [0.3, 0.4) is 0 Å². The molecule has 0 fully saturated rings. The zero-order valence-corrected chi connectivity index (χ0v) is 15.4. The van der Waals surface area contributed by atoms with E-state index in [9.17, 15) is 14.7 Å². The van der Waals surface area contributed by atoms with E-state index >= 15 is 0 Å². The summed E-state index contributed by atoms with van der Waals surface area (Å²) in [5.74, 6) is -1.13. The van der Waals surface area contributed by atoms with Crippen molar-refractivity contribution in [3.05, 3.63) is 16.1 Å². The summed E-state index contributed by atoms with van der Waals surface area (Å²) in [5.41, 5.74) is -1.02. The summed E-state index contributed by atoms with van der Waals surface area (Å²) in [6.45, 7) is 10.8.